The van der Waals surface area contributed by atoms with Gasteiger partial charge in [0.2, 0.25) is 5.91 Å². The summed E-state index contributed by atoms with van der Waals surface area (Å²) in [5.41, 5.74) is 0.564. The predicted molar refractivity (Wildman–Crippen MR) is 82.9 cm³/mol. The molecule has 0 radical (unpaired) electrons. The zero-order valence-electron chi connectivity index (χ0n) is 11.3. The van der Waals surface area contributed by atoms with Crippen LogP contribution in [0.5, 0.6) is 0 Å². The van der Waals surface area contributed by atoms with Gasteiger partial charge in [-0.25, -0.2) is 8.42 Å². The summed E-state index contributed by atoms with van der Waals surface area (Å²) in [7, 11) is -3.01. The largest absolute Gasteiger partial charge is 0.352 e. The molecule has 2 rings (SSSR count). The third-order valence-corrected chi connectivity index (χ3v) is 5.64. The SMILES string of the molecule is O=C(CCC(=O)c1ccc(Br)cc1)NC1CCS(=O)(=O)C1. The van der Waals surface area contributed by atoms with E-state index in [-0.39, 0.29) is 42.1 Å². The maximum absolute atomic E-state index is 11.9. The number of hydrogen-bond donors (Lipinski definition) is 1. The smallest absolute Gasteiger partial charge is 0.220 e. The Morgan fingerprint density at radius 2 is 1.86 bits per heavy atom. The number of carbonyl (C=O) groups is 2. The summed E-state index contributed by atoms with van der Waals surface area (Å²) in [5.74, 6) is -0.255. The number of rotatable bonds is 5. The van der Waals surface area contributed by atoms with Crippen LogP contribution in [-0.2, 0) is 14.6 Å². The van der Waals surface area contributed by atoms with E-state index >= 15 is 0 Å². The molecule has 21 heavy (non-hydrogen) atoms. The number of Topliss-reactive ketones (excluding diaryl/α,β-unsaturated/α-hetero) is 1. The van der Waals surface area contributed by atoms with Gasteiger partial charge in [0, 0.05) is 28.9 Å². The van der Waals surface area contributed by atoms with Crippen LogP contribution < -0.4 is 5.32 Å². The van der Waals surface area contributed by atoms with Crippen LogP contribution in [0.4, 0.5) is 0 Å². The highest BCUT2D eigenvalue weighted by molar-refractivity contribution is 9.10. The third kappa shape index (κ3) is 4.93. The van der Waals surface area contributed by atoms with Crippen molar-refractivity contribution in [3.8, 4) is 0 Å². The summed E-state index contributed by atoms with van der Waals surface area (Å²) in [5, 5.41) is 2.67. The van der Waals surface area contributed by atoms with E-state index in [0.29, 0.717) is 12.0 Å². The summed E-state index contributed by atoms with van der Waals surface area (Å²) < 4.78 is 23.5. The number of carbonyl (C=O) groups excluding carboxylic acids is 2. The summed E-state index contributed by atoms with van der Waals surface area (Å²) in [6, 6.07) is 6.64. The molecule has 1 fully saturated rings. The van der Waals surface area contributed by atoms with Gasteiger partial charge < -0.3 is 5.32 Å². The standard InChI is InChI=1S/C14H16BrNO4S/c15-11-3-1-10(2-4-11)13(17)5-6-14(18)16-12-7-8-21(19,20)9-12/h1-4,12H,5-9H2,(H,16,18). The van der Waals surface area contributed by atoms with Gasteiger partial charge in [-0.05, 0) is 18.6 Å². The molecule has 1 amide bonds. The van der Waals surface area contributed by atoms with Gasteiger partial charge >= 0.3 is 0 Å². The number of halogens is 1. The van der Waals surface area contributed by atoms with Gasteiger partial charge in [0.25, 0.3) is 0 Å². The van der Waals surface area contributed by atoms with Crippen LogP contribution >= 0.6 is 15.9 Å². The number of sulfone groups is 1. The van der Waals surface area contributed by atoms with Crippen LogP contribution in [0, 0.1) is 0 Å². The Hall–Kier alpha value is -1.21. The number of hydrogen-bond acceptors (Lipinski definition) is 4. The third-order valence-electron chi connectivity index (χ3n) is 3.34. The highest BCUT2D eigenvalue weighted by atomic mass is 79.9. The second-order valence-electron chi connectivity index (χ2n) is 5.10. The predicted octanol–water partition coefficient (Wildman–Crippen LogP) is 1.72. The molecule has 1 unspecified atom stereocenters. The highest BCUT2D eigenvalue weighted by Crippen LogP contribution is 2.14. The maximum atomic E-state index is 11.9. The zero-order valence-corrected chi connectivity index (χ0v) is 13.7. The zero-order chi connectivity index (χ0) is 15.5. The molecule has 0 spiro atoms. The van der Waals surface area contributed by atoms with E-state index < -0.39 is 9.84 Å². The van der Waals surface area contributed by atoms with Gasteiger partial charge in [-0.1, -0.05) is 28.1 Å². The minimum Gasteiger partial charge on any atom is -0.352 e. The molecular weight excluding hydrogens is 358 g/mol. The van der Waals surface area contributed by atoms with Gasteiger partial charge in [-0.15, -0.1) is 0 Å². The van der Waals surface area contributed by atoms with E-state index in [2.05, 4.69) is 21.2 Å². The Morgan fingerprint density at radius 3 is 2.43 bits per heavy atom. The number of amides is 1. The quantitative estimate of drug-likeness (QED) is 0.796. The summed E-state index contributed by atoms with van der Waals surface area (Å²) >= 11 is 3.29. The molecule has 0 aromatic heterocycles. The van der Waals surface area contributed by atoms with Crippen molar-refractivity contribution in [2.24, 2.45) is 0 Å². The molecular formula is C14H16BrNO4S. The Morgan fingerprint density at radius 1 is 1.19 bits per heavy atom. The van der Waals surface area contributed by atoms with Crippen LogP contribution in [0.1, 0.15) is 29.6 Å². The molecule has 1 N–H and O–H groups in total. The van der Waals surface area contributed by atoms with Crippen molar-refractivity contribution >= 4 is 37.5 Å². The average Bonchev–Trinajstić information content (AvgIpc) is 2.76. The Labute approximate surface area is 132 Å². The molecule has 1 atom stereocenters. The molecule has 1 aromatic rings. The summed E-state index contributed by atoms with van der Waals surface area (Å²) in [4.78, 5) is 23.6. The summed E-state index contributed by atoms with van der Waals surface area (Å²) in [6.45, 7) is 0. The molecule has 0 saturated carbocycles. The van der Waals surface area contributed by atoms with E-state index in [4.69, 9.17) is 0 Å². The normalized spacial score (nSPS) is 20.1. The van der Waals surface area contributed by atoms with E-state index in [0.717, 1.165) is 4.47 Å². The first-order valence-corrected chi connectivity index (χ1v) is 9.26. The fourth-order valence-electron chi connectivity index (χ4n) is 2.22. The average molecular weight is 374 g/mol. The lowest BCUT2D eigenvalue weighted by molar-refractivity contribution is -0.121. The van der Waals surface area contributed by atoms with E-state index in [1.54, 1.807) is 24.3 Å². The molecule has 1 aromatic carbocycles. The first-order valence-electron chi connectivity index (χ1n) is 6.64. The second kappa shape index (κ2) is 6.70. The number of benzene rings is 1. The van der Waals surface area contributed by atoms with Crippen LogP contribution in [0.15, 0.2) is 28.7 Å². The lowest BCUT2D eigenvalue weighted by Crippen LogP contribution is -2.35. The van der Waals surface area contributed by atoms with Gasteiger partial charge in [0.05, 0.1) is 11.5 Å². The van der Waals surface area contributed by atoms with Crippen molar-refractivity contribution < 1.29 is 18.0 Å². The monoisotopic (exact) mass is 373 g/mol. The number of nitrogens with one attached hydrogen (secondary N) is 1. The Bertz CT molecular complexity index is 639. The maximum Gasteiger partial charge on any atom is 0.220 e. The lowest BCUT2D eigenvalue weighted by atomic mass is 10.1. The van der Waals surface area contributed by atoms with Crippen LogP contribution in [0.2, 0.25) is 0 Å². The molecule has 1 aliphatic rings. The molecule has 7 heteroatoms. The van der Waals surface area contributed by atoms with Crippen molar-refractivity contribution in [2.45, 2.75) is 25.3 Å². The molecule has 5 nitrogen and oxygen atoms in total. The number of ketones is 1. The van der Waals surface area contributed by atoms with E-state index in [1.165, 1.54) is 0 Å². The molecule has 0 bridgehead atoms. The highest BCUT2D eigenvalue weighted by Gasteiger charge is 2.28. The van der Waals surface area contributed by atoms with Gasteiger partial charge in [0.1, 0.15) is 0 Å². The lowest BCUT2D eigenvalue weighted by Gasteiger charge is -2.10. The first-order chi connectivity index (χ1) is 9.85. The van der Waals surface area contributed by atoms with Crippen molar-refractivity contribution in [3.05, 3.63) is 34.3 Å². The minimum absolute atomic E-state index is 0.000597. The fraction of sp³-hybridized carbons (Fsp3) is 0.429. The van der Waals surface area contributed by atoms with Crippen LogP contribution in [-0.4, -0.2) is 37.7 Å². The van der Waals surface area contributed by atoms with Crippen molar-refractivity contribution in [1.82, 2.24) is 5.32 Å². The van der Waals surface area contributed by atoms with E-state index in [1.807, 2.05) is 0 Å². The molecule has 1 heterocycles. The Balaban J connectivity index is 1.79. The first kappa shape index (κ1) is 16.2. The van der Waals surface area contributed by atoms with Crippen molar-refractivity contribution in [3.63, 3.8) is 0 Å². The molecule has 1 saturated heterocycles. The topological polar surface area (TPSA) is 80.3 Å². The van der Waals surface area contributed by atoms with Crippen molar-refractivity contribution in [1.29, 1.82) is 0 Å². The van der Waals surface area contributed by atoms with Crippen LogP contribution in [0.25, 0.3) is 0 Å². The summed E-state index contributed by atoms with van der Waals surface area (Å²) in [6.07, 6.45) is 0.646. The fourth-order valence-corrected chi connectivity index (χ4v) is 4.15. The van der Waals surface area contributed by atoms with Gasteiger partial charge in [-0.3, -0.25) is 9.59 Å². The second-order valence-corrected chi connectivity index (χ2v) is 8.24. The molecule has 1 aliphatic heterocycles. The molecule has 0 aliphatic carbocycles. The van der Waals surface area contributed by atoms with Gasteiger partial charge in [-0.2, -0.15) is 0 Å². The van der Waals surface area contributed by atoms with Crippen molar-refractivity contribution in [2.75, 3.05) is 11.5 Å². The minimum atomic E-state index is -3.01. The van der Waals surface area contributed by atoms with E-state index in [9.17, 15) is 18.0 Å². The van der Waals surface area contributed by atoms with Crippen LogP contribution in [0.3, 0.4) is 0 Å². The Kier molecular flexibility index (Phi) is 5.16. The molecule has 114 valence electrons. The van der Waals surface area contributed by atoms with Gasteiger partial charge in [0.15, 0.2) is 15.6 Å².